The zero-order chi connectivity index (χ0) is 7.68. The van der Waals surface area contributed by atoms with Gasteiger partial charge in [-0.1, -0.05) is 12.8 Å². The molecule has 2 fully saturated rings. The van der Waals surface area contributed by atoms with Crippen LogP contribution in [0.3, 0.4) is 0 Å². The number of hydrogen-bond acceptors (Lipinski definition) is 2. The number of aliphatic hydroxyl groups excluding tert-OH is 1. The minimum atomic E-state index is -0.0654. The minimum absolute atomic E-state index is 0.0654. The van der Waals surface area contributed by atoms with E-state index in [2.05, 4.69) is 5.32 Å². The lowest BCUT2D eigenvalue weighted by Crippen LogP contribution is -2.43. The number of nitrogens with one attached hydrogen (secondary N) is 1. The summed E-state index contributed by atoms with van der Waals surface area (Å²) in [7, 11) is 0. The maximum Gasteiger partial charge on any atom is 0.0693 e. The van der Waals surface area contributed by atoms with E-state index in [1.165, 1.54) is 32.1 Å². The predicted octanol–water partition coefficient (Wildman–Crippen LogP) is 1.04. The fourth-order valence-electron chi connectivity index (χ4n) is 1.86. The van der Waals surface area contributed by atoms with Crippen LogP contribution in [0.15, 0.2) is 0 Å². The zero-order valence-electron chi connectivity index (χ0n) is 6.92. The van der Waals surface area contributed by atoms with Gasteiger partial charge in [-0.05, 0) is 25.7 Å². The third-order valence-corrected chi connectivity index (χ3v) is 2.76. The average molecular weight is 155 g/mol. The molecule has 2 aliphatic rings. The molecule has 2 atom stereocenters. The van der Waals surface area contributed by atoms with Gasteiger partial charge in [-0.15, -0.1) is 0 Å². The van der Waals surface area contributed by atoms with Crippen LogP contribution < -0.4 is 5.32 Å². The number of rotatable bonds is 2. The molecule has 64 valence electrons. The molecular weight excluding hydrogens is 138 g/mol. The molecule has 0 heterocycles. The van der Waals surface area contributed by atoms with Gasteiger partial charge < -0.3 is 10.4 Å². The second kappa shape index (κ2) is 3.11. The summed E-state index contributed by atoms with van der Waals surface area (Å²) in [5, 5.41) is 13.1. The van der Waals surface area contributed by atoms with E-state index in [1.807, 2.05) is 0 Å². The molecule has 2 nitrogen and oxygen atoms in total. The predicted molar refractivity (Wildman–Crippen MR) is 44.4 cm³/mol. The Morgan fingerprint density at radius 2 is 1.73 bits per heavy atom. The first-order valence-corrected chi connectivity index (χ1v) is 4.80. The molecule has 0 spiro atoms. The monoisotopic (exact) mass is 155 g/mol. The van der Waals surface area contributed by atoms with Crippen LogP contribution in [-0.2, 0) is 0 Å². The summed E-state index contributed by atoms with van der Waals surface area (Å²) in [5.41, 5.74) is 0. The quantitative estimate of drug-likeness (QED) is 0.624. The highest BCUT2D eigenvalue weighted by atomic mass is 16.3. The molecule has 2 heteroatoms. The van der Waals surface area contributed by atoms with Gasteiger partial charge in [0.05, 0.1) is 6.10 Å². The highest BCUT2D eigenvalue weighted by Crippen LogP contribution is 2.24. The summed E-state index contributed by atoms with van der Waals surface area (Å²) in [6.45, 7) is 0. The lowest BCUT2D eigenvalue weighted by Gasteiger charge is -2.28. The fraction of sp³-hybridized carbons (Fsp3) is 1.00. The Bertz CT molecular complexity index is 134. The Kier molecular flexibility index (Phi) is 2.14. The van der Waals surface area contributed by atoms with Gasteiger partial charge in [0.25, 0.3) is 0 Å². The van der Waals surface area contributed by atoms with Crippen molar-refractivity contribution in [3.63, 3.8) is 0 Å². The van der Waals surface area contributed by atoms with E-state index >= 15 is 0 Å². The first-order chi connectivity index (χ1) is 5.36. The summed E-state index contributed by atoms with van der Waals surface area (Å²) < 4.78 is 0. The second-order valence-corrected chi connectivity index (χ2v) is 3.90. The van der Waals surface area contributed by atoms with E-state index in [-0.39, 0.29) is 6.10 Å². The normalized spacial score (nSPS) is 39.0. The third kappa shape index (κ3) is 1.94. The summed E-state index contributed by atoms with van der Waals surface area (Å²) >= 11 is 0. The van der Waals surface area contributed by atoms with Crippen molar-refractivity contribution in [1.82, 2.24) is 5.32 Å². The smallest absolute Gasteiger partial charge is 0.0693 e. The summed E-state index contributed by atoms with van der Waals surface area (Å²) in [4.78, 5) is 0. The Labute approximate surface area is 68.0 Å². The second-order valence-electron chi connectivity index (χ2n) is 3.90. The highest BCUT2D eigenvalue weighted by molar-refractivity contribution is 4.89. The molecular formula is C9H17NO. The molecule has 0 bridgehead atoms. The van der Waals surface area contributed by atoms with Gasteiger partial charge in [-0.2, -0.15) is 0 Å². The van der Waals surface area contributed by atoms with Crippen molar-refractivity contribution >= 4 is 0 Å². The molecule has 0 radical (unpaired) electrons. The Balaban J connectivity index is 1.78. The molecule has 2 saturated carbocycles. The Morgan fingerprint density at radius 1 is 1.00 bits per heavy atom. The van der Waals surface area contributed by atoms with Crippen LogP contribution in [0.4, 0.5) is 0 Å². The standard InChI is InChI=1S/C9H17NO/c11-9-4-2-1-3-8(9)10-7-5-6-7/h7-11H,1-6H2/t8?,9-/m1/s1. The highest BCUT2D eigenvalue weighted by Gasteiger charge is 2.29. The van der Waals surface area contributed by atoms with Crippen molar-refractivity contribution in [2.45, 2.75) is 56.7 Å². The van der Waals surface area contributed by atoms with Gasteiger partial charge in [0.2, 0.25) is 0 Å². The molecule has 0 aromatic rings. The maximum atomic E-state index is 9.58. The van der Waals surface area contributed by atoms with Crippen molar-refractivity contribution in [2.24, 2.45) is 0 Å². The van der Waals surface area contributed by atoms with Crippen LogP contribution in [0.1, 0.15) is 38.5 Å². The first-order valence-electron chi connectivity index (χ1n) is 4.80. The largest absolute Gasteiger partial charge is 0.392 e. The van der Waals surface area contributed by atoms with Crippen molar-refractivity contribution in [3.05, 3.63) is 0 Å². The van der Waals surface area contributed by atoms with Gasteiger partial charge in [0.15, 0.2) is 0 Å². The molecule has 2 N–H and O–H groups in total. The molecule has 11 heavy (non-hydrogen) atoms. The zero-order valence-corrected chi connectivity index (χ0v) is 6.92. The summed E-state index contributed by atoms with van der Waals surface area (Å²) in [6, 6.07) is 1.16. The van der Waals surface area contributed by atoms with Crippen molar-refractivity contribution < 1.29 is 5.11 Å². The van der Waals surface area contributed by atoms with E-state index in [9.17, 15) is 5.11 Å². The number of hydrogen-bond donors (Lipinski definition) is 2. The fourth-order valence-corrected chi connectivity index (χ4v) is 1.86. The Hall–Kier alpha value is -0.0800. The Morgan fingerprint density at radius 3 is 2.36 bits per heavy atom. The van der Waals surface area contributed by atoms with Crippen LogP contribution in [0.25, 0.3) is 0 Å². The van der Waals surface area contributed by atoms with Crippen LogP contribution in [0.5, 0.6) is 0 Å². The van der Waals surface area contributed by atoms with Gasteiger partial charge in [0, 0.05) is 12.1 Å². The van der Waals surface area contributed by atoms with Gasteiger partial charge in [0.1, 0.15) is 0 Å². The topological polar surface area (TPSA) is 32.3 Å². The molecule has 0 aromatic heterocycles. The summed E-state index contributed by atoms with van der Waals surface area (Å²) in [5.74, 6) is 0. The van der Waals surface area contributed by atoms with E-state index in [0.29, 0.717) is 6.04 Å². The van der Waals surface area contributed by atoms with Crippen LogP contribution in [0, 0.1) is 0 Å². The summed E-state index contributed by atoms with van der Waals surface area (Å²) in [6.07, 6.45) is 7.27. The van der Waals surface area contributed by atoms with Crippen LogP contribution in [-0.4, -0.2) is 23.3 Å². The minimum Gasteiger partial charge on any atom is -0.392 e. The van der Waals surface area contributed by atoms with E-state index < -0.39 is 0 Å². The van der Waals surface area contributed by atoms with E-state index in [0.717, 1.165) is 12.5 Å². The molecule has 2 rings (SSSR count). The lowest BCUT2D eigenvalue weighted by atomic mass is 9.92. The van der Waals surface area contributed by atoms with Gasteiger partial charge >= 0.3 is 0 Å². The van der Waals surface area contributed by atoms with E-state index in [1.54, 1.807) is 0 Å². The van der Waals surface area contributed by atoms with Crippen molar-refractivity contribution in [2.75, 3.05) is 0 Å². The van der Waals surface area contributed by atoms with Gasteiger partial charge in [-0.3, -0.25) is 0 Å². The third-order valence-electron chi connectivity index (χ3n) is 2.76. The van der Waals surface area contributed by atoms with Crippen molar-refractivity contribution in [1.29, 1.82) is 0 Å². The molecule has 0 amide bonds. The molecule has 1 unspecified atom stereocenters. The molecule has 2 aliphatic carbocycles. The van der Waals surface area contributed by atoms with Gasteiger partial charge in [-0.25, -0.2) is 0 Å². The average Bonchev–Trinajstić information content (AvgIpc) is 2.78. The van der Waals surface area contributed by atoms with Crippen molar-refractivity contribution in [3.8, 4) is 0 Å². The number of aliphatic hydroxyl groups is 1. The van der Waals surface area contributed by atoms with E-state index in [4.69, 9.17) is 0 Å². The lowest BCUT2D eigenvalue weighted by molar-refractivity contribution is 0.0901. The molecule has 0 aromatic carbocycles. The maximum absolute atomic E-state index is 9.58. The molecule has 0 aliphatic heterocycles. The SMILES string of the molecule is O[C@@H]1CCCCC1NC1CC1. The molecule has 0 saturated heterocycles. The van der Waals surface area contributed by atoms with Crippen LogP contribution >= 0.6 is 0 Å². The first kappa shape index (κ1) is 7.56. The van der Waals surface area contributed by atoms with Crippen LogP contribution in [0.2, 0.25) is 0 Å².